The molecule has 4 heterocycles. The molecular weight excluding hydrogens is 548 g/mol. The van der Waals surface area contributed by atoms with E-state index in [2.05, 4.69) is 68.8 Å². The molecule has 0 radical (unpaired) electrons. The number of nitrogens with one attached hydrogen (secondary N) is 1. The molecular formula is C33H51F2N7O. The number of piperazine rings is 1. The quantitative estimate of drug-likeness (QED) is 0.399. The van der Waals surface area contributed by atoms with Crippen LogP contribution in [0.5, 0.6) is 0 Å². The maximum Gasteiger partial charge on any atom is 0.280 e. The number of fused-ring (bicyclic) bond motifs is 1. The molecule has 0 spiro atoms. The van der Waals surface area contributed by atoms with Crippen LogP contribution in [0.4, 0.5) is 20.4 Å². The molecule has 10 heteroatoms. The van der Waals surface area contributed by atoms with Crippen molar-refractivity contribution in [3.05, 3.63) is 78.6 Å². The molecule has 8 nitrogen and oxygen atoms in total. The summed E-state index contributed by atoms with van der Waals surface area (Å²) in [6.45, 7) is 19.0. The molecule has 1 saturated heterocycles. The summed E-state index contributed by atoms with van der Waals surface area (Å²) in [4.78, 5) is 19.5. The fourth-order valence-corrected chi connectivity index (χ4v) is 5.05. The molecule has 2 aliphatic heterocycles. The van der Waals surface area contributed by atoms with Crippen LogP contribution in [0.25, 0.3) is 0 Å². The zero-order valence-electron chi connectivity index (χ0n) is 27.2. The lowest BCUT2D eigenvalue weighted by atomic mass is 9.98. The Kier molecular flexibility index (Phi) is 14.9. The predicted octanol–water partition coefficient (Wildman–Crippen LogP) is 6.35. The maximum absolute atomic E-state index is 13.2. The highest BCUT2D eigenvalue weighted by Crippen LogP contribution is 2.37. The minimum Gasteiger partial charge on any atom is -0.375 e. The molecule has 2 atom stereocenters. The van der Waals surface area contributed by atoms with E-state index in [1.54, 1.807) is 18.3 Å². The van der Waals surface area contributed by atoms with Gasteiger partial charge in [-0.3, -0.25) is 0 Å². The van der Waals surface area contributed by atoms with Crippen LogP contribution in [-0.4, -0.2) is 90.3 Å². The Bertz CT molecular complexity index is 1180. The summed E-state index contributed by atoms with van der Waals surface area (Å²) < 4.78 is 32.5. The smallest absolute Gasteiger partial charge is 0.280 e. The third-order valence-electron chi connectivity index (χ3n) is 7.15. The zero-order valence-corrected chi connectivity index (χ0v) is 27.2. The topological polar surface area (TPSA) is 69.7 Å². The fourth-order valence-electron chi connectivity index (χ4n) is 5.05. The Labute approximate surface area is 257 Å². The minimum absolute atomic E-state index is 0.0515. The summed E-state index contributed by atoms with van der Waals surface area (Å²) in [5, 5.41) is 2.75. The van der Waals surface area contributed by atoms with Crippen LogP contribution in [0.15, 0.2) is 67.3 Å². The van der Waals surface area contributed by atoms with Crippen LogP contribution >= 0.6 is 0 Å². The van der Waals surface area contributed by atoms with Gasteiger partial charge in [0.25, 0.3) is 6.43 Å². The second-order valence-corrected chi connectivity index (χ2v) is 11.5. The molecule has 0 saturated carbocycles. The number of alkyl halides is 2. The lowest BCUT2D eigenvalue weighted by Gasteiger charge is -2.34. The van der Waals surface area contributed by atoms with Gasteiger partial charge in [-0.15, -0.1) is 0 Å². The van der Waals surface area contributed by atoms with Crippen molar-refractivity contribution in [2.24, 2.45) is 0 Å². The van der Waals surface area contributed by atoms with E-state index in [0.717, 1.165) is 31.7 Å². The molecule has 0 aromatic carbocycles. The first-order valence-corrected chi connectivity index (χ1v) is 14.9. The number of hydrogen-bond acceptors (Lipinski definition) is 8. The van der Waals surface area contributed by atoms with Crippen molar-refractivity contribution in [2.45, 2.75) is 65.0 Å². The van der Waals surface area contributed by atoms with E-state index < -0.39 is 6.43 Å². The van der Waals surface area contributed by atoms with Gasteiger partial charge in [-0.1, -0.05) is 31.7 Å². The number of likely N-dealkylation sites (N-methyl/N-ethyl adjacent to an activating group) is 1. The van der Waals surface area contributed by atoms with E-state index in [0.29, 0.717) is 24.7 Å². The van der Waals surface area contributed by atoms with Crippen molar-refractivity contribution in [1.29, 1.82) is 0 Å². The van der Waals surface area contributed by atoms with E-state index >= 15 is 0 Å². The molecule has 238 valence electrons. The number of allylic oxidation sites excluding steroid dienone is 4. The normalized spacial score (nSPS) is 21.0. The molecule has 4 rings (SSSR count). The third kappa shape index (κ3) is 11.1. The number of pyridine rings is 1. The Morgan fingerprint density at radius 1 is 1.16 bits per heavy atom. The summed E-state index contributed by atoms with van der Waals surface area (Å²) in [6, 6.07) is 4.63. The van der Waals surface area contributed by atoms with Crippen LogP contribution in [0.1, 0.15) is 64.6 Å². The number of aromatic nitrogens is 3. The van der Waals surface area contributed by atoms with E-state index in [4.69, 9.17) is 4.74 Å². The molecule has 1 unspecified atom stereocenters. The Hall–Kier alpha value is -3.21. The van der Waals surface area contributed by atoms with Gasteiger partial charge >= 0.3 is 0 Å². The number of hydrogen-bond donors (Lipinski definition) is 1. The standard InChI is InChI=1S/C19H24F2N4O.C12H20N2.C2H7N/c1-12-10-26-19(3,4)8-13(2)25(18-14(12)9-22-11-23-18)16-7-5-6-15(24-16)17(20)21;1-4-6-12(7-5-2)14-10-8-13(3)9-11-14;1-3-2/h5-7,9,11-13,17H,8,10H2,1-4H3;4-7H,1,8-11H2,2-3H3;3H,1-2H3/b;7-5-,12-6+;/t12?,13-;;/m0../s1. The number of rotatable bonds is 5. The predicted molar refractivity (Wildman–Crippen MR) is 173 cm³/mol. The third-order valence-corrected chi connectivity index (χ3v) is 7.15. The van der Waals surface area contributed by atoms with Crippen LogP contribution in [0.3, 0.4) is 0 Å². The van der Waals surface area contributed by atoms with Crippen LogP contribution < -0.4 is 10.2 Å². The van der Waals surface area contributed by atoms with Gasteiger partial charge in [0, 0.05) is 55.6 Å². The van der Waals surface area contributed by atoms with E-state index in [1.165, 1.54) is 18.1 Å². The van der Waals surface area contributed by atoms with Gasteiger partial charge < -0.3 is 24.8 Å². The summed E-state index contributed by atoms with van der Waals surface area (Å²) in [5.41, 5.74) is 1.59. The first-order chi connectivity index (χ1) is 20.5. The lowest BCUT2D eigenvalue weighted by Crippen LogP contribution is -2.43. The number of anilines is 2. The molecule has 2 aromatic rings. The number of nitrogens with zero attached hydrogens (tertiary/aromatic N) is 6. The summed E-state index contributed by atoms with van der Waals surface area (Å²) in [5.74, 6) is 1.22. The fraction of sp³-hybridized carbons (Fsp3) is 0.545. The summed E-state index contributed by atoms with van der Waals surface area (Å²) in [6.07, 6.45) is 9.48. The van der Waals surface area contributed by atoms with Crippen molar-refractivity contribution in [1.82, 2.24) is 30.1 Å². The highest BCUT2D eigenvalue weighted by atomic mass is 19.3. The number of halogens is 2. The average Bonchev–Trinajstić information content (AvgIpc) is 3.00. The maximum atomic E-state index is 13.2. The average molecular weight is 600 g/mol. The van der Waals surface area contributed by atoms with Crippen LogP contribution in [0.2, 0.25) is 0 Å². The van der Waals surface area contributed by atoms with E-state index in [9.17, 15) is 8.78 Å². The van der Waals surface area contributed by atoms with Crippen molar-refractivity contribution in [3.8, 4) is 0 Å². The minimum atomic E-state index is -2.62. The monoisotopic (exact) mass is 599 g/mol. The van der Waals surface area contributed by atoms with Crippen LogP contribution in [-0.2, 0) is 4.74 Å². The van der Waals surface area contributed by atoms with Gasteiger partial charge in [0.1, 0.15) is 23.7 Å². The van der Waals surface area contributed by atoms with Crippen LogP contribution in [0, 0.1) is 0 Å². The molecule has 2 aromatic heterocycles. The van der Waals surface area contributed by atoms with Gasteiger partial charge in [0.2, 0.25) is 0 Å². The Morgan fingerprint density at radius 2 is 1.84 bits per heavy atom. The van der Waals surface area contributed by atoms with Crippen molar-refractivity contribution >= 4 is 11.6 Å². The van der Waals surface area contributed by atoms with Gasteiger partial charge in [0.05, 0.1) is 12.2 Å². The van der Waals surface area contributed by atoms with Gasteiger partial charge in [0.15, 0.2) is 0 Å². The number of ether oxygens (including phenoxy) is 1. The molecule has 0 bridgehead atoms. The lowest BCUT2D eigenvalue weighted by molar-refractivity contribution is -0.0307. The molecule has 2 aliphatic rings. The summed E-state index contributed by atoms with van der Waals surface area (Å²) in [7, 11) is 5.92. The molecule has 1 fully saturated rings. The first-order valence-electron chi connectivity index (χ1n) is 14.9. The zero-order chi connectivity index (χ0) is 32.0. The molecule has 0 aliphatic carbocycles. The van der Waals surface area contributed by atoms with E-state index in [-0.39, 0.29) is 23.3 Å². The summed E-state index contributed by atoms with van der Waals surface area (Å²) >= 11 is 0. The van der Waals surface area contributed by atoms with Gasteiger partial charge in [-0.05, 0) is 79.5 Å². The SMILES string of the molecule is C=C/C=C(\C=C/C)N1CCN(C)CC1.CC1COC(C)(C)C[C@H](C)N(c2cccc(C(F)F)n2)c2ncncc21.CNC. The second-order valence-electron chi connectivity index (χ2n) is 11.5. The second kappa shape index (κ2) is 17.8. The highest BCUT2D eigenvalue weighted by molar-refractivity contribution is 5.61. The molecule has 43 heavy (non-hydrogen) atoms. The molecule has 0 amide bonds. The van der Waals surface area contributed by atoms with Gasteiger partial charge in [-0.25, -0.2) is 23.7 Å². The van der Waals surface area contributed by atoms with E-state index in [1.807, 2.05) is 52.8 Å². The van der Waals surface area contributed by atoms with Gasteiger partial charge in [-0.2, -0.15) is 0 Å². The van der Waals surface area contributed by atoms with Crippen molar-refractivity contribution in [3.63, 3.8) is 0 Å². The van der Waals surface area contributed by atoms with Crippen molar-refractivity contribution in [2.75, 3.05) is 58.8 Å². The first kappa shape index (κ1) is 36.0. The highest BCUT2D eigenvalue weighted by Gasteiger charge is 2.33. The largest absolute Gasteiger partial charge is 0.375 e. The Morgan fingerprint density at radius 3 is 2.44 bits per heavy atom. The Balaban J connectivity index is 0.000000320. The van der Waals surface area contributed by atoms with Crippen molar-refractivity contribution < 1.29 is 13.5 Å². The molecule has 1 N–H and O–H groups in total.